The van der Waals surface area contributed by atoms with Crippen LogP contribution in [0, 0.1) is 11.6 Å². The van der Waals surface area contributed by atoms with Gasteiger partial charge in [-0.15, -0.1) is 0 Å². The van der Waals surface area contributed by atoms with Crippen molar-refractivity contribution >= 4 is 6.03 Å². The molecular weight excluding hydrogens is 416 g/mol. The Balaban J connectivity index is 1.72. The summed E-state index contributed by atoms with van der Waals surface area (Å²) in [5.41, 5.74) is 1.36. The van der Waals surface area contributed by atoms with Crippen molar-refractivity contribution < 1.29 is 23.0 Å². The van der Waals surface area contributed by atoms with Gasteiger partial charge in [-0.3, -0.25) is 0 Å². The highest BCUT2D eigenvalue weighted by molar-refractivity contribution is 5.74. The van der Waals surface area contributed by atoms with Crippen molar-refractivity contribution in [3.05, 3.63) is 59.2 Å². The zero-order chi connectivity index (χ0) is 23.1. The molecule has 32 heavy (non-hydrogen) atoms. The van der Waals surface area contributed by atoms with Gasteiger partial charge in [-0.1, -0.05) is 12.1 Å². The highest BCUT2D eigenvalue weighted by Crippen LogP contribution is 2.26. The SMILES string of the molecule is COc1cc(F)c(F)cc1CN(C(=O)NCc1ccc(OC(C)C)cc1)C1CCNCC1. The van der Waals surface area contributed by atoms with Gasteiger partial charge in [-0.2, -0.15) is 0 Å². The van der Waals surface area contributed by atoms with Crippen molar-refractivity contribution in [2.45, 2.75) is 51.9 Å². The van der Waals surface area contributed by atoms with Crippen LogP contribution in [0.15, 0.2) is 36.4 Å². The van der Waals surface area contributed by atoms with Gasteiger partial charge < -0.3 is 25.0 Å². The predicted molar refractivity (Wildman–Crippen MR) is 119 cm³/mol. The predicted octanol–water partition coefficient (Wildman–Crippen LogP) is 4.22. The second kappa shape index (κ2) is 11.1. The first-order chi connectivity index (χ1) is 15.4. The summed E-state index contributed by atoms with van der Waals surface area (Å²) in [6, 6.07) is 9.40. The van der Waals surface area contributed by atoms with Gasteiger partial charge in [0.05, 0.1) is 19.8 Å². The van der Waals surface area contributed by atoms with E-state index in [1.807, 2.05) is 38.1 Å². The molecule has 0 aliphatic carbocycles. The standard InChI is InChI=1S/C24H31F2N3O3/c1-16(2)32-20-6-4-17(5-7-20)14-28-24(30)29(19-8-10-27-11-9-19)15-18-12-21(25)22(26)13-23(18)31-3/h4-7,12-13,16,19,27H,8-11,14-15H2,1-3H3,(H,28,30). The Labute approximate surface area is 187 Å². The van der Waals surface area contributed by atoms with E-state index in [1.54, 1.807) is 4.90 Å². The van der Waals surface area contributed by atoms with Crippen LogP contribution in [0.1, 0.15) is 37.8 Å². The normalized spacial score (nSPS) is 14.3. The highest BCUT2D eigenvalue weighted by Gasteiger charge is 2.27. The number of piperidine rings is 1. The molecule has 0 unspecified atom stereocenters. The maximum absolute atomic E-state index is 13.9. The maximum atomic E-state index is 13.9. The van der Waals surface area contributed by atoms with E-state index >= 15 is 0 Å². The van der Waals surface area contributed by atoms with E-state index in [9.17, 15) is 13.6 Å². The molecule has 3 rings (SSSR count). The second-order valence-electron chi connectivity index (χ2n) is 8.16. The van der Waals surface area contributed by atoms with E-state index in [4.69, 9.17) is 9.47 Å². The molecule has 6 nitrogen and oxygen atoms in total. The number of rotatable bonds is 8. The minimum Gasteiger partial charge on any atom is -0.496 e. The average molecular weight is 448 g/mol. The molecule has 1 fully saturated rings. The van der Waals surface area contributed by atoms with Crippen molar-refractivity contribution in [2.24, 2.45) is 0 Å². The number of urea groups is 1. The molecule has 174 valence electrons. The van der Waals surface area contributed by atoms with Crippen LogP contribution in [0.25, 0.3) is 0 Å². The number of nitrogens with zero attached hydrogens (tertiary/aromatic N) is 1. The molecule has 2 aromatic rings. The summed E-state index contributed by atoms with van der Waals surface area (Å²) in [6.45, 7) is 5.98. The molecule has 8 heteroatoms. The molecule has 0 spiro atoms. The van der Waals surface area contributed by atoms with Crippen LogP contribution >= 0.6 is 0 Å². The van der Waals surface area contributed by atoms with Crippen LogP contribution in [-0.4, -0.2) is 43.3 Å². The Morgan fingerprint density at radius 2 is 1.81 bits per heavy atom. The zero-order valence-corrected chi connectivity index (χ0v) is 18.8. The summed E-state index contributed by atoms with van der Waals surface area (Å²) >= 11 is 0. The summed E-state index contributed by atoms with van der Waals surface area (Å²) in [5, 5.41) is 6.24. The van der Waals surface area contributed by atoms with Gasteiger partial charge >= 0.3 is 6.03 Å². The third kappa shape index (κ3) is 6.32. The van der Waals surface area contributed by atoms with Gasteiger partial charge in [0.15, 0.2) is 11.6 Å². The van der Waals surface area contributed by atoms with E-state index in [1.165, 1.54) is 7.11 Å². The molecule has 0 bridgehead atoms. The van der Waals surface area contributed by atoms with Gasteiger partial charge in [0.25, 0.3) is 0 Å². The molecule has 1 aliphatic heterocycles. The van der Waals surface area contributed by atoms with Crippen molar-refractivity contribution in [1.82, 2.24) is 15.5 Å². The topological polar surface area (TPSA) is 62.8 Å². The third-order valence-electron chi connectivity index (χ3n) is 5.41. The largest absolute Gasteiger partial charge is 0.496 e. The molecule has 2 aromatic carbocycles. The van der Waals surface area contributed by atoms with Crippen LogP contribution in [0.4, 0.5) is 13.6 Å². The van der Waals surface area contributed by atoms with Gasteiger partial charge in [-0.25, -0.2) is 13.6 Å². The Morgan fingerprint density at radius 3 is 2.44 bits per heavy atom. The minimum absolute atomic E-state index is 0.0177. The number of halogens is 2. The maximum Gasteiger partial charge on any atom is 0.318 e. The highest BCUT2D eigenvalue weighted by atomic mass is 19.2. The average Bonchev–Trinajstić information content (AvgIpc) is 2.79. The first-order valence-corrected chi connectivity index (χ1v) is 10.9. The Morgan fingerprint density at radius 1 is 1.16 bits per heavy atom. The third-order valence-corrected chi connectivity index (χ3v) is 5.41. The number of nitrogens with one attached hydrogen (secondary N) is 2. The summed E-state index contributed by atoms with van der Waals surface area (Å²) in [7, 11) is 1.40. The van der Waals surface area contributed by atoms with E-state index in [0.29, 0.717) is 12.1 Å². The molecule has 1 heterocycles. The van der Waals surface area contributed by atoms with Crippen molar-refractivity contribution in [3.63, 3.8) is 0 Å². The first-order valence-electron chi connectivity index (χ1n) is 10.9. The molecule has 0 saturated carbocycles. The number of carbonyl (C=O) groups excluding carboxylic acids is 1. The number of hydrogen-bond acceptors (Lipinski definition) is 4. The minimum atomic E-state index is -0.978. The monoisotopic (exact) mass is 447 g/mol. The van der Waals surface area contributed by atoms with Crippen LogP contribution in [0.5, 0.6) is 11.5 Å². The van der Waals surface area contributed by atoms with E-state index in [-0.39, 0.29) is 30.5 Å². The number of methoxy groups -OCH3 is 1. The smallest absolute Gasteiger partial charge is 0.318 e. The fraction of sp³-hybridized carbons (Fsp3) is 0.458. The van der Waals surface area contributed by atoms with Crippen LogP contribution in [0.2, 0.25) is 0 Å². The number of hydrogen-bond donors (Lipinski definition) is 2. The molecule has 1 aliphatic rings. The lowest BCUT2D eigenvalue weighted by molar-refractivity contribution is 0.153. The molecule has 0 atom stereocenters. The van der Waals surface area contributed by atoms with Crippen molar-refractivity contribution in [2.75, 3.05) is 20.2 Å². The van der Waals surface area contributed by atoms with Gasteiger partial charge in [0, 0.05) is 24.2 Å². The van der Waals surface area contributed by atoms with E-state index < -0.39 is 11.6 Å². The van der Waals surface area contributed by atoms with Gasteiger partial charge in [0.1, 0.15) is 11.5 Å². The molecule has 0 aromatic heterocycles. The Kier molecular flexibility index (Phi) is 8.27. The number of ether oxygens (including phenoxy) is 2. The van der Waals surface area contributed by atoms with E-state index in [2.05, 4.69) is 10.6 Å². The molecule has 0 radical (unpaired) electrons. The first kappa shape index (κ1) is 23.8. The summed E-state index contributed by atoms with van der Waals surface area (Å²) < 4.78 is 38.4. The molecular formula is C24H31F2N3O3. The van der Waals surface area contributed by atoms with Crippen LogP contribution in [0.3, 0.4) is 0 Å². The summed E-state index contributed by atoms with van der Waals surface area (Å²) in [5.74, 6) is -0.947. The summed E-state index contributed by atoms with van der Waals surface area (Å²) in [4.78, 5) is 14.8. The van der Waals surface area contributed by atoms with E-state index in [0.717, 1.165) is 49.4 Å². The van der Waals surface area contributed by atoms with Crippen molar-refractivity contribution in [1.29, 1.82) is 0 Å². The van der Waals surface area contributed by atoms with Gasteiger partial charge in [0.2, 0.25) is 0 Å². The lowest BCUT2D eigenvalue weighted by Crippen LogP contribution is -2.49. The molecule has 2 amide bonds. The van der Waals surface area contributed by atoms with Crippen molar-refractivity contribution in [3.8, 4) is 11.5 Å². The molecule has 2 N–H and O–H groups in total. The second-order valence-corrected chi connectivity index (χ2v) is 8.16. The number of amides is 2. The van der Waals surface area contributed by atoms with Crippen LogP contribution < -0.4 is 20.1 Å². The zero-order valence-electron chi connectivity index (χ0n) is 18.8. The number of benzene rings is 2. The van der Waals surface area contributed by atoms with Gasteiger partial charge in [-0.05, 0) is 63.5 Å². The summed E-state index contributed by atoms with van der Waals surface area (Å²) in [6.07, 6.45) is 1.65. The Bertz CT molecular complexity index is 900. The number of carbonyl (C=O) groups is 1. The fourth-order valence-electron chi connectivity index (χ4n) is 3.79. The lowest BCUT2D eigenvalue weighted by atomic mass is 10.0. The fourth-order valence-corrected chi connectivity index (χ4v) is 3.79. The quantitative estimate of drug-likeness (QED) is 0.636. The Hall–Kier alpha value is -2.87. The lowest BCUT2D eigenvalue weighted by Gasteiger charge is -2.35. The van der Waals surface area contributed by atoms with Crippen LogP contribution in [-0.2, 0) is 13.1 Å². The molecule has 1 saturated heterocycles.